The molecular weight excluding hydrogens is 584 g/mol. The lowest BCUT2D eigenvalue weighted by molar-refractivity contribution is -0.146. The number of benzene rings is 3. The molecule has 3 aromatic carbocycles. The van der Waals surface area contributed by atoms with Gasteiger partial charge in [-0.25, -0.2) is 8.42 Å². The van der Waals surface area contributed by atoms with Crippen molar-refractivity contribution in [3.8, 4) is 5.75 Å². The molecule has 0 aromatic heterocycles. The van der Waals surface area contributed by atoms with Gasteiger partial charge in [0.1, 0.15) is 11.8 Å². The van der Waals surface area contributed by atoms with Gasteiger partial charge in [-0.3, -0.25) is 14.3 Å². The van der Waals surface area contributed by atoms with E-state index in [0.717, 1.165) is 17.4 Å². The Bertz CT molecular complexity index is 1570. The number of nitrogens with one attached hydrogen (secondary N) is 1. The predicted molar refractivity (Wildman–Crippen MR) is 161 cm³/mol. The molecular formula is C28H38N4O8S2. The van der Waals surface area contributed by atoms with Crippen molar-refractivity contribution in [2.24, 2.45) is 16.5 Å². The number of aliphatic imine (C=N–C) groups is 1. The Morgan fingerprint density at radius 3 is 2.19 bits per heavy atom. The van der Waals surface area contributed by atoms with E-state index in [0.29, 0.717) is 24.0 Å². The van der Waals surface area contributed by atoms with Gasteiger partial charge in [-0.15, -0.1) is 0 Å². The van der Waals surface area contributed by atoms with Gasteiger partial charge in [-0.2, -0.15) is 13.1 Å². The first-order chi connectivity index (χ1) is 19.8. The Morgan fingerprint density at radius 1 is 0.952 bits per heavy atom. The molecule has 6 N–H and O–H groups in total. The molecule has 0 spiro atoms. The second-order valence-electron chi connectivity index (χ2n) is 9.31. The van der Waals surface area contributed by atoms with E-state index in [1.165, 1.54) is 18.2 Å². The molecule has 0 saturated heterocycles. The highest BCUT2D eigenvalue weighted by atomic mass is 32.2. The maximum Gasteiger partial charge on any atom is 0.324 e. The number of ether oxygens (including phenoxy) is 2. The van der Waals surface area contributed by atoms with Crippen LogP contribution in [0.15, 0.2) is 75.4 Å². The molecule has 0 fully saturated rings. The second-order valence-corrected chi connectivity index (χ2v) is 12.4. The highest BCUT2D eigenvalue weighted by Crippen LogP contribution is 2.24. The lowest BCUT2D eigenvalue weighted by Gasteiger charge is -2.18. The third-order valence-corrected chi connectivity index (χ3v) is 8.25. The molecule has 0 heterocycles. The molecule has 0 saturated carbocycles. The van der Waals surface area contributed by atoms with E-state index in [1.807, 2.05) is 19.9 Å². The Labute approximate surface area is 246 Å². The highest BCUT2D eigenvalue weighted by Gasteiger charge is 2.27. The normalized spacial score (nSPS) is 12.1. The summed E-state index contributed by atoms with van der Waals surface area (Å²) in [7, 11) is -6.45. The van der Waals surface area contributed by atoms with Crippen LogP contribution in [0.25, 0.3) is 10.8 Å². The fraction of sp³-hybridized carbons (Fsp3) is 0.357. The van der Waals surface area contributed by atoms with Crippen LogP contribution in [0.4, 0.5) is 0 Å². The van der Waals surface area contributed by atoms with Crippen molar-refractivity contribution in [2.45, 2.75) is 55.4 Å². The number of hydrogen-bond donors (Lipinski definition) is 4. The number of aryl methyl sites for hydroxylation is 1. The monoisotopic (exact) mass is 622 g/mol. The molecule has 3 aromatic rings. The zero-order chi connectivity index (χ0) is 31.3. The van der Waals surface area contributed by atoms with Crippen LogP contribution in [0.1, 0.15) is 38.2 Å². The van der Waals surface area contributed by atoms with Crippen LogP contribution in [-0.2, 0) is 29.7 Å². The number of nitrogens with two attached hydrogens (primary N) is 2. The number of fused-ring (bicyclic) bond motifs is 1. The summed E-state index contributed by atoms with van der Waals surface area (Å²) in [5.41, 5.74) is 11.6. The van der Waals surface area contributed by atoms with Gasteiger partial charge in [0.15, 0.2) is 5.96 Å². The van der Waals surface area contributed by atoms with Crippen LogP contribution in [-0.4, -0.2) is 59.6 Å². The molecule has 0 aliphatic heterocycles. The topological polar surface area (TPSA) is 200 Å². The van der Waals surface area contributed by atoms with E-state index < -0.39 is 32.2 Å². The minimum Gasteiger partial charge on any atom is -0.497 e. The Hall–Kier alpha value is -3.72. The summed E-state index contributed by atoms with van der Waals surface area (Å²) in [6.45, 7) is 4.32. The van der Waals surface area contributed by atoms with Gasteiger partial charge in [-0.1, -0.05) is 43.2 Å². The summed E-state index contributed by atoms with van der Waals surface area (Å²) in [6, 6.07) is 15.1. The zero-order valence-corrected chi connectivity index (χ0v) is 25.4. The number of nitrogens with zero attached hydrogens (tertiary/aromatic N) is 1. The minimum absolute atomic E-state index is 0.0452. The van der Waals surface area contributed by atoms with Gasteiger partial charge in [0.2, 0.25) is 10.0 Å². The average molecular weight is 623 g/mol. The first-order valence-electron chi connectivity index (χ1n) is 13.1. The van der Waals surface area contributed by atoms with Gasteiger partial charge in [0, 0.05) is 6.54 Å². The molecule has 0 aliphatic rings. The molecule has 0 radical (unpaired) electrons. The number of guanidine groups is 1. The van der Waals surface area contributed by atoms with Crippen LogP contribution in [0.5, 0.6) is 5.75 Å². The number of carbonyl (C=O) groups is 1. The van der Waals surface area contributed by atoms with E-state index in [-0.39, 0.29) is 35.3 Å². The maximum atomic E-state index is 13.0. The summed E-state index contributed by atoms with van der Waals surface area (Å²) in [6.07, 6.45) is 2.16. The lowest BCUT2D eigenvalue weighted by atomic mass is 10.1. The molecule has 0 amide bonds. The van der Waals surface area contributed by atoms with Gasteiger partial charge in [-0.05, 0) is 73.4 Å². The third-order valence-electron chi connectivity index (χ3n) is 5.92. The molecule has 3 rings (SSSR count). The van der Waals surface area contributed by atoms with E-state index in [2.05, 4.69) is 9.71 Å². The molecule has 14 heteroatoms. The molecule has 1 atom stereocenters. The van der Waals surface area contributed by atoms with Crippen LogP contribution in [0.2, 0.25) is 0 Å². The van der Waals surface area contributed by atoms with Crippen molar-refractivity contribution in [1.29, 1.82) is 0 Å². The minimum atomic E-state index is -4.02. The fourth-order valence-electron chi connectivity index (χ4n) is 3.61. The van der Waals surface area contributed by atoms with Crippen molar-refractivity contribution in [2.75, 3.05) is 20.3 Å². The molecule has 42 heavy (non-hydrogen) atoms. The summed E-state index contributed by atoms with van der Waals surface area (Å²) >= 11 is 0. The summed E-state index contributed by atoms with van der Waals surface area (Å²) in [5, 5.41) is 1.57. The van der Waals surface area contributed by atoms with Crippen LogP contribution < -0.4 is 20.9 Å². The second kappa shape index (κ2) is 16.1. The maximum absolute atomic E-state index is 13.0. The number of hydrogen-bond acceptors (Lipinski definition) is 8. The molecule has 12 nitrogen and oxygen atoms in total. The third kappa shape index (κ3) is 11.3. The molecule has 0 aliphatic carbocycles. The summed E-state index contributed by atoms with van der Waals surface area (Å²) < 4.78 is 68.5. The van der Waals surface area contributed by atoms with Gasteiger partial charge >= 0.3 is 5.97 Å². The van der Waals surface area contributed by atoms with Gasteiger partial charge in [0.25, 0.3) is 10.1 Å². The lowest BCUT2D eigenvalue weighted by Crippen LogP contribution is -2.42. The van der Waals surface area contributed by atoms with E-state index >= 15 is 0 Å². The number of methoxy groups -OCH3 is 1. The largest absolute Gasteiger partial charge is 0.497 e. The standard InChI is InChI=1S/C21H30N4O5S.C7H8O3S/c1-3-4-12-30-20(26)19(6-5-11-24-21(22)23)25-31(27,28)18-10-8-15-7-9-17(29-2)13-16(15)14-18;1-6-2-4-7(5-3-6)11(8,9)10/h7-10,13-14,19,25H,3-6,11-12H2,1-2H3,(H4,22,23,24);2-5H,1H3,(H,8,9,10)/t19-;/m0./s1. The highest BCUT2D eigenvalue weighted by molar-refractivity contribution is 7.89. The van der Waals surface area contributed by atoms with Gasteiger partial charge in [0.05, 0.1) is 23.5 Å². The van der Waals surface area contributed by atoms with E-state index in [9.17, 15) is 21.6 Å². The number of sulfonamides is 1. The Balaban J connectivity index is 0.000000468. The first-order valence-corrected chi connectivity index (χ1v) is 16.1. The van der Waals surface area contributed by atoms with Gasteiger partial charge < -0.3 is 20.9 Å². The number of unbranched alkanes of at least 4 members (excludes halogenated alkanes) is 1. The van der Waals surface area contributed by atoms with E-state index in [4.69, 9.17) is 25.5 Å². The number of carbonyl (C=O) groups excluding carboxylic acids is 1. The SMILES string of the molecule is CCCCOC(=O)[C@H](CCCN=C(N)N)NS(=O)(=O)c1ccc2ccc(OC)cc2c1.Cc1ccc(S(=O)(=O)O)cc1. The summed E-state index contributed by atoms with van der Waals surface area (Å²) in [4.78, 5) is 16.3. The zero-order valence-electron chi connectivity index (χ0n) is 23.8. The van der Waals surface area contributed by atoms with Crippen LogP contribution in [0.3, 0.4) is 0 Å². The van der Waals surface area contributed by atoms with Crippen LogP contribution >= 0.6 is 0 Å². The van der Waals surface area contributed by atoms with Crippen LogP contribution in [0, 0.1) is 6.92 Å². The van der Waals surface area contributed by atoms with E-state index in [1.54, 1.807) is 43.5 Å². The number of rotatable bonds is 13. The van der Waals surface area contributed by atoms with Crippen molar-refractivity contribution < 1.29 is 35.7 Å². The predicted octanol–water partition coefficient (Wildman–Crippen LogP) is 3.13. The quantitative estimate of drug-likeness (QED) is 0.0721. The first kappa shape index (κ1) is 34.5. The molecule has 0 unspecified atom stereocenters. The Kier molecular flexibility index (Phi) is 13.2. The van der Waals surface area contributed by atoms with Crippen molar-refractivity contribution >= 4 is 42.8 Å². The number of esters is 1. The average Bonchev–Trinajstić information content (AvgIpc) is 2.94. The smallest absolute Gasteiger partial charge is 0.324 e. The fourth-order valence-corrected chi connectivity index (χ4v) is 5.34. The molecule has 0 bridgehead atoms. The van der Waals surface area contributed by atoms with Crippen molar-refractivity contribution in [3.05, 3.63) is 66.2 Å². The molecule has 230 valence electrons. The summed E-state index contributed by atoms with van der Waals surface area (Å²) in [5.74, 6) is -0.0643. The van der Waals surface area contributed by atoms with Crippen molar-refractivity contribution in [1.82, 2.24) is 4.72 Å². The van der Waals surface area contributed by atoms with Crippen molar-refractivity contribution in [3.63, 3.8) is 0 Å². The Morgan fingerprint density at radius 2 is 1.60 bits per heavy atom.